The number of ether oxygens (including phenoxy) is 1. The van der Waals surface area contributed by atoms with E-state index in [1.165, 1.54) is 12.1 Å². The lowest BCUT2D eigenvalue weighted by Gasteiger charge is -2.19. The second kappa shape index (κ2) is 13.3. The van der Waals surface area contributed by atoms with Crippen molar-refractivity contribution in [3.63, 3.8) is 0 Å². The first-order valence-electron chi connectivity index (χ1n) is 15.0. The fourth-order valence-electron chi connectivity index (χ4n) is 6.37. The molecule has 6 rings (SSSR count). The van der Waals surface area contributed by atoms with Crippen molar-refractivity contribution < 1.29 is 18.4 Å². The average Bonchev–Trinajstić information content (AvgIpc) is 3.40. The van der Waals surface area contributed by atoms with Crippen LogP contribution in [0, 0.1) is 15.9 Å². The standard InChI is InChI=1S/C36H33ClF2N2O3/c37-36-33(9-3-10-34(36)39)32-8-2-6-27-21-26(25-5-1-7-28(22-25)41(42)43)13-16-31(27)35(32)24-11-14-29(15-12-24)44-30-17-20-40(23-30)19-4-18-38/h1,3,5,7,9-16,21-22,30H,2,4,6,8,17-20,23H2/t30-/m0/s1. The fraction of sp³-hybridized carbons (Fsp3) is 0.278. The summed E-state index contributed by atoms with van der Waals surface area (Å²) in [5.74, 6) is 0.314. The van der Waals surface area contributed by atoms with Crippen molar-refractivity contribution in [1.82, 2.24) is 4.90 Å². The van der Waals surface area contributed by atoms with Crippen LogP contribution in [0.1, 0.15) is 47.9 Å². The topological polar surface area (TPSA) is 55.6 Å². The van der Waals surface area contributed by atoms with E-state index >= 15 is 0 Å². The van der Waals surface area contributed by atoms with Crippen LogP contribution < -0.4 is 4.74 Å². The van der Waals surface area contributed by atoms with Gasteiger partial charge in [0.05, 0.1) is 16.6 Å². The van der Waals surface area contributed by atoms with E-state index in [1.807, 2.05) is 42.5 Å². The average molecular weight is 615 g/mol. The van der Waals surface area contributed by atoms with E-state index < -0.39 is 5.82 Å². The molecule has 4 aromatic rings. The molecule has 226 valence electrons. The summed E-state index contributed by atoms with van der Waals surface area (Å²) in [6, 6.07) is 25.8. The van der Waals surface area contributed by atoms with E-state index in [0.29, 0.717) is 18.4 Å². The molecule has 0 saturated carbocycles. The van der Waals surface area contributed by atoms with Crippen LogP contribution in [0.5, 0.6) is 5.75 Å². The molecule has 1 saturated heterocycles. The van der Waals surface area contributed by atoms with Crippen molar-refractivity contribution in [1.29, 1.82) is 0 Å². The minimum absolute atomic E-state index is 0.0495. The van der Waals surface area contributed by atoms with E-state index in [4.69, 9.17) is 16.3 Å². The van der Waals surface area contributed by atoms with Gasteiger partial charge in [-0.05, 0) is 94.8 Å². The molecule has 4 aromatic carbocycles. The molecular weight excluding hydrogens is 582 g/mol. The molecule has 44 heavy (non-hydrogen) atoms. The smallest absolute Gasteiger partial charge is 0.270 e. The molecule has 1 heterocycles. The molecule has 0 N–H and O–H groups in total. The summed E-state index contributed by atoms with van der Waals surface area (Å²) in [7, 11) is 0. The van der Waals surface area contributed by atoms with Crippen LogP contribution in [-0.4, -0.2) is 42.2 Å². The zero-order valence-corrected chi connectivity index (χ0v) is 25.0. The number of hydrogen-bond acceptors (Lipinski definition) is 4. The number of alkyl halides is 1. The Labute approximate surface area is 260 Å². The molecule has 1 aliphatic carbocycles. The number of benzene rings is 4. The van der Waals surface area contributed by atoms with Gasteiger partial charge in [-0.2, -0.15) is 0 Å². The second-order valence-electron chi connectivity index (χ2n) is 11.4. The second-order valence-corrected chi connectivity index (χ2v) is 11.8. The number of aryl methyl sites for hydroxylation is 1. The van der Waals surface area contributed by atoms with Crippen molar-refractivity contribution >= 4 is 28.4 Å². The number of non-ortho nitro benzene ring substituents is 1. The monoisotopic (exact) mass is 614 g/mol. The van der Waals surface area contributed by atoms with Gasteiger partial charge in [0.2, 0.25) is 0 Å². The van der Waals surface area contributed by atoms with Crippen molar-refractivity contribution in [2.45, 2.75) is 38.2 Å². The van der Waals surface area contributed by atoms with Crippen molar-refractivity contribution in [3.8, 4) is 16.9 Å². The predicted molar refractivity (Wildman–Crippen MR) is 171 cm³/mol. The quantitative estimate of drug-likeness (QED) is 0.139. The van der Waals surface area contributed by atoms with Gasteiger partial charge >= 0.3 is 0 Å². The summed E-state index contributed by atoms with van der Waals surface area (Å²) in [4.78, 5) is 13.3. The zero-order chi connectivity index (χ0) is 30.6. The Morgan fingerprint density at radius 1 is 0.932 bits per heavy atom. The molecule has 0 spiro atoms. The lowest BCUT2D eigenvalue weighted by atomic mass is 9.86. The first-order chi connectivity index (χ1) is 21.4. The summed E-state index contributed by atoms with van der Waals surface area (Å²) in [5.41, 5.74) is 7.48. The highest BCUT2D eigenvalue weighted by Gasteiger charge is 2.25. The Hall–Kier alpha value is -4.07. The molecular formula is C36H33ClF2N2O3. The number of rotatable bonds is 9. The predicted octanol–water partition coefficient (Wildman–Crippen LogP) is 9.16. The Bertz CT molecular complexity index is 1710. The van der Waals surface area contributed by atoms with Crippen LogP contribution in [0.2, 0.25) is 5.02 Å². The van der Waals surface area contributed by atoms with Gasteiger partial charge in [0.15, 0.2) is 0 Å². The lowest BCUT2D eigenvalue weighted by Crippen LogP contribution is -2.26. The number of likely N-dealkylation sites (tertiary alicyclic amines) is 1. The first kappa shape index (κ1) is 30.0. The van der Waals surface area contributed by atoms with E-state index in [-0.39, 0.29) is 28.4 Å². The third-order valence-corrected chi connectivity index (χ3v) is 8.88. The van der Waals surface area contributed by atoms with Gasteiger partial charge in [-0.15, -0.1) is 0 Å². The number of fused-ring (bicyclic) bond motifs is 1. The number of nitrogens with zero attached hydrogens (tertiary/aromatic N) is 2. The lowest BCUT2D eigenvalue weighted by molar-refractivity contribution is -0.384. The molecule has 0 unspecified atom stereocenters. The molecule has 8 heteroatoms. The van der Waals surface area contributed by atoms with Gasteiger partial charge in [-0.25, -0.2) is 4.39 Å². The van der Waals surface area contributed by atoms with Gasteiger partial charge in [-0.3, -0.25) is 19.4 Å². The van der Waals surface area contributed by atoms with Crippen LogP contribution in [0.4, 0.5) is 14.5 Å². The van der Waals surface area contributed by atoms with Crippen molar-refractivity contribution in [2.24, 2.45) is 0 Å². The molecule has 5 nitrogen and oxygen atoms in total. The summed E-state index contributed by atoms with van der Waals surface area (Å²) >= 11 is 6.56. The van der Waals surface area contributed by atoms with Gasteiger partial charge < -0.3 is 4.74 Å². The van der Waals surface area contributed by atoms with Crippen molar-refractivity contribution in [3.05, 3.63) is 128 Å². The SMILES string of the molecule is O=[N+]([O-])c1cccc(-c2ccc3c(c2)CCCC(c2cccc(F)c2Cl)=C3c2ccc(O[C@H]3CCN(CCCF)C3)cc2)c1. The fourth-order valence-corrected chi connectivity index (χ4v) is 6.61. The molecule has 0 radical (unpaired) electrons. The maximum Gasteiger partial charge on any atom is 0.270 e. The van der Waals surface area contributed by atoms with Crippen LogP contribution in [0.25, 0.3) is 22.3 Å². The van der Waals surface area contributed by atoms with Gasteiger partial charge in [0.1, 0.15) is 17.7 Å². The number of hydrogen-bond donors (Lipinski definition) is 0. The third-order valence-electron chi connectivity index (χ3n) is 8.50. The summed E-state index contributed by atoms with van der Waals surface area (Å²) in [5, 5.41) is 11.5. The number of nitro benzene ring substituents is 1. The highest BCUT2D eigenvalue weighted by Crippen LogP contribution is 2.43. The molecule has 0 amide bonds. The van der Waals surface area contributed by atoms with Gasteiger partial charge in [0, 0.05) is 31.8 Å². The van der Waals surface area contributed by atoms with E-state index in [0.717, 1.165) is 83.6 Å². The maximum absolute atomic E-state index is 14.7. The summed E-state index contributed by atoms with van der Waals surface area (Å²) in [6.45, 7) is 2.14. The van der Waals surface area contributed by atoms with Crippen molar-refractivity contribution in [2.75, 3.05) is 26.3 Å². The highest BCUT2D eigenvalue weighted by molar-refractivity contribution is 6.33. The van der Waals surface area contributed by atoms with Gasteiger partial charge in [-0.1, -0.05) is 66.2 Å². The Balaban J connectivity index is 1.38. The summed E-state index contributed by atoms with van der Waals surface area (Å²) in [6.07, 6.45) is 3.84. The summed E-state index contributed by atoms with van der Waals surface area (Å²) < 4.78 is 33.6. The maximum atomic E-state index is 14.7. The minimum Gasteiger partial charge on any atom is -0.489 e. The van der Waals surface area contributed by atoms with Crippen LogP contribution in [0.3, 0.4) is 0 Å². The van der Waals surface area contributed by atoms with Crippen LogP contribution in [-0.2, 0) is 6.42 Å². The largest absolute Gasteiger partial charge is 0.489 e. The molecule has 0 bridgehead atoms. The highest BCUT2D eigenvalue weighted by atomic mass is 35.5. The van der Waals surface area contributed by atoms with E-state index in [9.17, 15) is 18.9 Å². The van der Waals surface area contributed by atoms with Crippen LogP contribution in [0.15, 0.2) is 84.9 Å². The Kier molecular flexibility index (Phi) is 9.05. The molecule has 0 aromatic heterocycles. The van der Waals surface area contributed by atoms with E-state index in [1.54, 1.807) is 18.2 Å². The third kappa shape index (κ3) is 6.40. The Morgan fingerprint density at radius 3 is 2.50 bits per heavy atom. The van der Waals surface area contributed by atoms with Gasteiger partial charge in [0.25, 0.3) is 5.69 Å². The number of nitro groups is 1. The van der Waals surface area contributed by atoms with E-state index in [2.05, 4.69) is 17.0 Å². The number of halogens is 3. The molecule has 1 fully saturated rings. The number of allylic oxidation sites excluding steroid dienone is 1. The van der Waals surface area contributed by atoms with Crippen LogP contribution >= 0.6 is 11.6 Å². The molecule has 1 aliphatic heterocycles. The minimum atomic E-state index is -0.456. The Morgan fingerprint density at radius 2 is 1.70 bits per heavy atom. The zero-order valence-electron chi connectivity index (χ0n) is 24.3. The first-order valence-corrected chi connectivity index (χ1v) is 15.4. The molecule has 1 atom stereocenters. The normalized spacial score (nSPS) is 16.9. The molecule has 2 aliphatic rings.